The van der Waals surface area contributed by atoms with Crippen LogP contribution in [0.3, 0.4) is 0 Å². The summed E-state index contributed by atoms with van der Waals surface area (Å²) in [4.78, 5) is 5.91. The summed E-state index contributed by atoms with van der Waals surface area (Å²) in [5.74, 6) is 0.196. The molecule has 1 aliphatic rings. The average Bonchev–Trinajstić information content (AvgIpc) is 4.08. The Morgan fingerprint density at radius 2 is 1.17 bits per heavy atom. The van der Waals surface area contributed by atoms with Crippen molar-refractivity contribution in [3.63, 3.8) is 0 Å². The molecule has 12 aromatic rings. The van der Waals surface area contributed by atoms with Gasteiger partial charge < -0.3 is 8.98 Å². The molecule has 1 aliphatic heterocycles. The van der Waals surface area contributed by atoms with Crippen molar-refractivity contribution in [3.05, 3.63) is 235 Å². The maximum atomic E-state index is 6.72. The molecule has 0 saturated carbocycles. The number of hydrogen-bond acceptors (Lipinski definition) is 3. The third-order valence-corrected chi connectivity index (χ3v) is 15.8. The summed E-state index contributed by atoms with van der Waals surface area (Å²) >= 11 is 1.87. The van der Waals surface area contributed by atoms with Gasteiger partial charge >= 0.3 is 0 Å². The van der Waals surface area contributed by atoms with E-state index in [4.69, 9.17) is 9.41 Å². The summed E-state index contributed by atoms with van der Waals surface area (Å²) < 4.78 is 11.6. The second kappa shape index (κ2) is 16.6. The first-order valence-electron chi connectivity index (χ1n) is 24.1. The molecule has 2 unspecified atom stereocenters. The average molecular weight is 905 g/mol. The van der Waals surface area contributed by atoms with Crippen LogP contribution in [0.2, 0.25) is 0 Å². The van der Waals surface area contributed by atoms with Gasteiger partial charge in [-0.2, -0.15) is 0 Å². The zero-order valence-electron chi connectivity index (χ0n) is 38.8. The molecule has 4 heterocycles. The van der Waals surface area contributed by atoms with E-state index in [9.17, 15) is 0 Å². The van der Waals surface area contributed by atoms with Crippen LogP contribution >= 0.6 is 11.3 Å². The largest absolute Gasteiger partial charge is 0.456 e. The number of aliphatic imine (C=N–C) groups is 1. The molecule has 330 valence electrons. The number of benzene rings is 9. The van der Waals surface area contributed by atoms with Gasteiger partial charge in [-0.05, 0) is 113 Å². The van der Waals surface area contributed by atoms with Crippen molar-refractivity contribution in [1.29, 1.82) is 0 Å². The van der Waals surface area contributed by atoms with Gasteiger partial charge in [0.15, 0.2) is 0 Å². The minimum absolute atomic E-state index is 0.0682. The van der Waals surface area contributed by atoms with E-state index in [-0.39, 0.29) is 11.8 Å². The third kappa shape index (κ3) is 6.81. The Morgan fingerprint density at radius 1 is 0.507 bits per heavy atom. The van der Waals surface area contributed by atoms with Crippen molar-refractivity contribution < 1.29 is 4.42 Å². The minimum atomic E-state index is 0.0682. The molecule has 9 aromatic carbocycles. The maximum absolute atomic E-state index is 6.72. The van der Waals surface area contributed by atoms with Crippen molar-refractivity contribution in [1.82, 2.24) is 4.57 Å². The molecule has 0 radical (unpaired) electrons. The molecule has 3 aromatic heterocycles. The van der Waals surface area contributed by atoms with Crippen molar-refractivity contribution in [2.75, 3.05) is 0 Å². The lowest BCUT2D eigenvalue weighted by atomic mass is 9.80. The lowest BCUT2D eigenvalue weighted by Crippen LogP contribution is -2.18. The fourth-order valence-corrected chi connectivity index (χ4v) is 12.2. The molecule has 0 aliphatic carbocycles. The molecule has 2 atom stereocenters. The summed E-state index contributed by atoms with van der Waals surface area (Å²) in [6.07, 6.45) is 3.42. The highest BCUT2D eigenvalue weighted by atomic mass is 32.1. The first kappa shape index (κ1) is 41.2. The predicted molar refractivity (Wildman–Crippen MR) is 295 cm³/mol. The molecule has 0 N–H and O–H groups in total. The van der Waals surface area contributed by atoms with Crippen molar-refractivity contribution >= 4 is 92.2 Å². The van der Waals surface area contributed by atoms with Crippen LogP contribution in [-0.2, 0) is 0 Å². The third-order valence-electron chi connectivity index (χ3n) is 14.6. The van der Waals surface area contributed by atoms with Gasteiger partial charge in [-0.25, -0.2) is 0 Å². The highest BCUT2D eigenvalue weighted by Crippen LogP contribution is 2.45. The molecule has 0 saturated heterocycles. The Labute approximate surface area is 405 Å². The molecule has 13 rings (SSSR count). The van der Waals surface area contributed by atoms with Crippen LogP contribution in [-0.4, -0.2) is 10.3 Å². The predicted octanol–water partition coefficient (Wildman–Crippen LogP) is 18.4. The Bertz CT molecular complexity index is 4070. The van der Waals surface area contributed by atoms with E-state index in [0.29, 0.717) is 0 Å². The number of hydrogen-bond donors (Lipinski definition) is 0. The van der Waals surface area contributed by atoms with Gasteiger partial charge in [-0.3, -0.25) is 4.99 Å². The van der Waals surface area contributed by atoms with Crippen LogP contribution in [0.4, 0.5) is 0 Å². The van der Waals surface area contributed by atoms with Crippen LogP contribution in [0.15, 0.2) is 227 Å². The molecule has 0 bridgehead atoms. The van der Waals surface area contributed by atoms with E-state index in [0.717, 1.165) is 45.3 Å². The van der Waals surface area contributed by atoms with Crippen LogP contribution in [0, 0.1) is 11.8 Å². The Kier molecular flexibility index (Phi) is 9.92. The highest BCUT2D eigenvalue weighted by molar-refractivity contribution is 7.26. The zero-order chi connectivity index (χ0) is 46.2. The van der Waals surface area contributed by atoms with E-state index in [1.807, 2.05) is 11.3 Å². The number of rotatable bonds is 7. The van der Waals surface area contributed by atoms with Gasteiger partial charge in [0.1, 0.15) is 11.2 Å². The molecule has 0 amide bonds. The van der Waals surface area contributed by atoms with E-state index in [1.54, 1.807) is 0 Å². The number of nitrogens with zero attached hydrogens (tertiary/aromatic N) is 2. The molecular formula is C65H48N2OS. The van der Waals surface area contributed by atoms with E-state index in [2.05, 4.69) is 238 Å². The standard InChI is InChI=1S/C65H48N2OS/c1-4-42-36-54(44-20-10-6-11-21-44)40(2)41(3)64(47-31-33-51-59(38-47)68-58-28-16-25-49(62(51)58)43-18-8-5-9-19-43)66-65(42)53-26-17-29-60-63(53)52-34-30-46(39-61(52)69-60)45-32-35-57-55(37-45)50-24-14-15-27-56(50)67(57)48-22-12-7-13-23-48/h5-40,42H,4H2,1-3H3/b54-36+,64-41-,66-65?. The Balaban J connectivity index is 0.974. The number of para-hydroxylation sites is 2. The second-order valence-corrected chi connectivity index (χ2v) is 19.6. The van der Waals surface area contributed by atoms with Crippen molar-refractivity contribution in [2.24, 2.45) is 16.8 Å². The maximum Gasteiger partial charge on any atom is 0.136 e. The van der Waals surface area contributed by atoms with Gasteiger partial charge in [0.2, 0.25) is 0 Å². The molecular weight excluding hydrogens is 857 g/mol. The monoisotopic (exact) mass is 904 g/mol. The van der Waals surface area contributed by atoms with E-state index >= 15 is 0 Å². The lowest BCUT2D eigenvalue weighted by molar-refractivity contribution is 0.669. The first-order valence-corrected chi connectivity index (χ1v) is 24.9. The fraction of sp³-hybridized carbons (Fsp3) is 0.0923. The topological polar surface area (TPSA) is 30.4 Å². The minimum Gasteiger partial charge on any atom is -0.456 e. The van der Waals surface area contributed by atoms with Gasteiger partial charge in [0, 0.05) is 70.4 Å². The van der Waals surface area contributed by atoms with Crippen LogP contribution in [0.5, 0.6) is 0 Å². The summed E-state index contributed by atoms with van der Waals surface area (Å²) in [5, 5.41) is 7.29. The normalized spacial score (nSPS) is 17.4. The molecule has 0 fully saturated rings. The zero-order valence-corrected chi connectivity index (χ0v) is 39.6. The summed E-state index contributed by atoms with van der Waals surface area (Å²) in [5.41, 5.74) is 18.3. The SMILES string of the molecule is CCC1/C=C(/c2ccccc2)C(C)/C(C)=C(/c2ccc3c(c2)oc2cccc(-c4ccccc4)c23)N=C1c1cccc2sc3cc(-c4ccc5c(c4)c4ccccc4n5-c4ccccc4)ccc3c12. The highest BCUT2D eigenvalue weighted by Gasteiger charge is 2.28. The summed E-state index contributed by atoms with van der Waals surface area (Å²) in [7, 11) is 0. The molecule has 0 spiro atoms. The van der Waals surface area contributed by atoms with E-state index < -0.39 is 0 Å². The van der Waals surface area contributed by atoms with Crippen LogP contribution in [0.1, 0.15) is 43.9 Å². The Hall–Kier alpha value is -8.05. The number of fused-ring (bicyclic) bond motifs is 9. The number of furan rings is 1. The quantitative estimate of drug-likeness (QED) is 0.157. The van der Waals surface area contributed by atoms with Gasteiger partial charge in [-0.15, -0.1) is 11.3 Å². The molecule has 4 heteroatoms. The van der Waals surface area contributed by atoms with Crippen LogP contribution < -0.4 is 0 Å². The van der Waals surface area contributed by atoms with Crippen molar-refractivity contribution in [3.8, 4) is 27.9 Å². The van der Waals surface area contributed by atoms with Crippen molar-refractivity contribution in [2.45, 2.75) is 27.2 Å². The Morgan fingerprint density at radius 3 is 1.99 bits per heavy atom. The fourth-order valence-electron chi connectivity index (χ4n) is 11.1. The molecule has 3 nitrogen and oxygen atoms in total. The number of allylic oxidation sites excluding steroid dienone is 3. The smallest absolute Gasteiger partial charge is 0.136 e. The van der Waals surface area contributed by atoms with Crippen LogP contribution in [0.25, 0.3) is 103 Å². The van der Waals surface area contributed by atoms with E-state index in [1.165, 1.54) is 92.2 Å². The van der Waals surface area contributed by atoms with Gasteiger partial charge in [-0.1, -0.05) is 166 Å². The van der Waals surface area contributed by atoms with Gasteiger partial charge in [0.25, 0.3) is 0 Å². The lowest BCUT2D eigenvalue weighted by Gasteiger charge is -2.27. The summed E-state index contributed by atoms with van der Waals surface area (Å²) in [6, 6.07) is 75.0. The molecule has 69 heavy (non-hydrogen) atoms. The second-order valence-electron chi connectivity index (χ2n) is 18.5. The van der Waals surface area contributed by atoms with Gasteiger partial charge in [0.05, 0.1) is 22.4 Å². The number of aromatic nitrogens is 1. The first-order chi connectivity index (χ1) is 34.0. The summed E-state index contributed by atoms with van der Waals surface area (Å²) in [6.45, 7) is 6.93. The number of thiophene rings is 1.